The van der Waals surface area contributed by atoms with Crippen LogP contribution in [0.5, 0.6) is 0 Å². The summed E-state index contributed by atoms with van der Waals surface area (Å²) in [4.78, 5) is 0. The Morgan fingerprint density at radius 2 is 2.15 bits per heavy atom. The summed E-state index contributed by atoms with van der Waals surface area (Å²) in [6.07, 6.45) is 9.25. The van der Waals surface area contributed by atoms with Crippen LogP contribution in [0.4, 0.5) is 0 Å². The van der Waals surface area contributed by atoms with Crippen molar-refractivity contribution >= 4 is 0 Å². The van der Waals surface area contributed by atoms with Gasteiger partial charge in [0.25, 0.3) is 0 Å². The molecule has 0 spiro atoms. The van der Waals surface area contributed by atoms with Crippen LogP contribution in [0, 0.1) is 11.3 Å². The lowest BCUT2D eigenvalue weighted by molar-refractivity contribution is 0.183. The van der Waals surface area contributed by atoms with Crippen molar-refractivity contribution in [3.05, 3.63) is 12.2 Å². The average molecular weight is 181 g/mol. The Bertz CT molecular complexity index is 169. The molecule has 0 aromatic carbocycles. The van der Waals surface area contributed by atoms with Gasteiger partial charge < -0.3 is 5.11 Å². The molecule has 0 heterocycles. The number of allylic oxidation sites excluding steroid dienone is 1. The first kappa shape index (κ1) is 12.2. The van der Waals surface area contributed by atoms with Gasteiger partial charge >= 0.3 is 0 Å². The highest BCUT2D eigenvalue weighted by molar-refractivity contribution is 4.86. The largest absolute Gasteiger partial charge is 0.392 e. The molecule has 0 saturated heterocycles. The van der Waals surface area contributed by atoms with Crippen molar-refractivity contribution in [2.45, 2.75) is 51.6 Å². The molecule has 0 aliphatic carbocycles. The van der Waals surface area contributed by atoms with Crippen LogP contribution in [0.15, 0.2) is 12.2 Å². The molecule has 0 fully saturated rings. The van der Waals surface area contributed by atoms with E-state index in [2.05, 4.69) is 13.0 Å². The fraction of sp³-hybridized carbons (Fsp3) is 0.727. The first-order valence-electron chi connectivity index (χ1n) is 5.01. The van der Waals surface area contributed by atoms with Gasteiger partial charge in [-0.25, -0.2) is 0 Å². The number of aliphatic hydroxyl groups excluding tert-OH is 1. The van der Waals surface area contributed by atoms with Gasteiger partial charge in [-0.3, -0.25) is 0 Å². The Kier molecular flexibility index (Phi) is 8.70. The number of unbranched alkanes of at least 4 members (excludes halogenated alkanes) is 3. The van der Waals surface area contributed by atoms with Gasteiger partial charge in [-0.15, -0.1) is 0 Å². The summed E-state index contributed by atoms with van der Waals surface area (Å²) in [5.41, 5.74) is 0. The van der Waals surface area contributed by atoms with Crippen LogP contribution in [0.1, 0.15) is 45.4 Å². The van der Waals surface area contributed by atoms with Crippen molar-refractivity contribution in [3.8, 4) is 6.07 Å². The fourth-order valence-corrected chi connectivity index (χ4v) is 1.07. The van der Waals surface area contributed by atoms with Crippen LogP contribution in [0.25, 0.3) is 0 Å². The molecule has 1 atom stereocenters. The van der Waals surface area contributed by atoms with E-state index in [0.29, 0.717) is 6.42 Å². The van der Waals surface area contributed by atoms with Crippen molar-refractivity contribution in [3.63, 3.8) is 0 Å². The van der Waals surface area contributed by atoms with E-state index in [0.717, 1.165) is 6.42 Å². The molecule has 2 nitrogen and oxygen atoms in total. The monoisotopic (exact) mass is 181 g/mol. The van der Waals surface area contributed by atoms with E-state index in [1.165, 1.54) is 19.3 Å². The Morgan fingerprint density at radius 3 is 2.77 bits per heavy atom. The Hall–Kier alpha value is -0.810. The third-order valence-electron chi connectivity index (χ3n) is 1.88. The quantitative estimate of drug-likeness (QED) is 0.485. The number of rotatable bonds is 7. The van der Waals surface area contributed by atoms with Gasteiger partial charge in [0, 0.05) is 0 Å². The van der Waals surface area contributed by atoms with Gasteiger partial charge in [0.15, 0.2) is 0 Å². The van der Waals surface area contributed by atoms with E-state index in [9.17, 15) is 5.11 Å². The maximum absolute atomic E-state index is 9.18. The van der Waals surface area contributed by atoms with Crippen molar-refractivity contribution in [1.29, 1.82) is 5.26 Å². The second-order valence-corrected chi connectivity index (χ2v) is 3.22. The third-order valence-corrected chi connectivity index (χ3v) is 1.88. The summed E-state index contributed by atoms with van der Waals surface area (Å²) < 4.78 is 0. The second kappa shape index (κ2) is 9.28. The first-order valence-corrected chi connectivity index (χ1v) is 5.01. The van der Waals surface area contributed by atoms with E-state index in [-0.39, 0.29) is 6.42 Å². The van der Waals surface area contributed by atoms with Crippen LogP contribution in [0.3, 0.4) is 0 Å². The maximum atomic E-state index is 9.18. The van der Waals surface area contributed by atoms with Gasteiger partial charge in [-0.1, -0.05) is 31.9 Å². The van der Waals surface area contributed by atoms with Gasteiger partial charge in [0.2, 0.25) is 0 Å². The molecular formula is C11H19NO. The number of hydrogen-bond acceptors (Lipinski definition) is 2. The molecule has 13 heavy (non-hydrogen) atoms. The molecule has 1 N–H and O–H groups in total. The normalized spacial score (nSPS) is 13.0. The van der Waals surface area contributed by atoms with E-state index >= 15 is 0 Å². The number of nitrogens with zero attached hydrogens (tertiary/aromatic N) is 1. The highest BCUT2D eigenvalue weighted by atomic mass is 16.3. The van der Waals surface area contributed by atoms with Crippen molar-refractivity contribution in [2.24, 2.45) is 0 Å². The molecule has 0 aliphatic heterocycles. The van der Waals surface area contributed by atoms with Gasteiger partial charge in [-0.05, 0) is 19.3 Å². The highest BCUT2D eigenvalue weighted by Gasteiger charge is 1.97. The summed E-state index contributed by atoms with van der Waals surface area (Å²) in [7, 11) is 0. The van der Waals surface area contributed by atoms with E-state index < -0.39 is 6.10 Å². The molecule has 0 saturated carbocycles. The van der Waals surface area contributed by atoms with E-state index in [1.807, 2.05) is 12.1 Å². The molecule has 0 aromatic rings. The van der Waals surface area contributed by atoms with Gasteiger partial charge in [0.05, 0.1) is 18.6 Å². The first-order chi connectivity index (χ1) is 6.31. The summed E-state index contributed by atoms with van der Waals surface area (Å²) in [5.74, 6) is 0. The molecule has 0 bridgehead atoms. The Balaban J connectivity index is 3.26. The molecule has 1 unspecified atom stereocenters. The standard InChI is InChI=1S/C11H19NO/c1-2-3-4-5-6-7-8-11(13)9-10-12/h6-7,11,13H,2-5,8-9H2,1H3. The van der Waals surface area contributed by atoms with Gasteiger partial charge in [0.1, 0.15) is 0 Å². The summed E-state index contributed by atoms with van der Waals surface area (Å²) in [6.45, 7) is 2.18. The minimum Gasteiger partial charge on any atom is -0.392 e. The summed E-state index contributed by atoms with van der Waals surface area (Å²) >= 11 is 0. The lowest BCUT2D eigenvalue weighted by Crippen LogP contribution is -2.02. The zero-order chi connectivity index (χ0) is 9.94. The predicted molar refractivity (Wildman–Crippen MR) is 54.1 cm³/mol. The van der Waals surface area contributed by atoms with Crippen LogP contribution < -0.4 is 0 Å². The average Bonchev–Trinajstić information content (AvgIpc) is 2.11. The Labute approximate surface area is 80.9 Å². The van der Waals surface area contributed by atoms with Crippen molar-refractivity contribution < 1.29 is 5.11 Å². The van der Waals surface area contributed by atoms with Crippen LogP contribution in [-0.4, -0.2) is 11.2 Å². The summed E-state index contributed by atoms with van der Waals surface area (Å²) in [6, 6.07) is 1.94. The van der Waals surface area contributed by atoms with E-state index in [1.54, 1.807) is 0 Å². The molecule has 0 rings (SSSR count). The lowest BCUT2D eigenvalue weighted by Gasteiger charge is -1.99. The van der Waals surface area contributed by atoms with E-state index in [4.69, 9.17) is 5.26 Å². The molecule has 2 heteroatoms. The topological polar surface area (TPSA) is 44.0 Å². The molecular weight excluding hydrogens is 162 g/mol. The SMILES string of the molecule is CCCCCC=CCC(O)CC#N. The Morgan fingerprint density at radius 1 is 1.38 bits per heavy atom. The molecule has 0 radical (unpaired) electrons. The van der Waals surface area contributed by atoms with Crippen molar-refractivity contribution in [2.75, 3.05) is 0 Å². The van der Waals surface area contributed by atoms with Crippen LogP contribution in [0.2, 0.25) is 0 Å². The van der Waals surface area contributed by atoms with Gasteiger partial charge in [-0.2, -0.15) is 5.26 Å². The third kappa shape index (κ3) is 9.10. The minimum atomic E-state index is -0.479. The predicted octanol–water partition coefficient (Wildman–Crippen LogP) is 2.79. The smallest absolute Gasteiger partial charge is 0.0704 e. The molecule has 0 amide bonds. The number of aliphatic hydroxyl groups is 1. The minimum absolute atomic E-state index is 0.235. The highest BCUT2D eigenvalue weighted by Crippen LogP contribution is 2.02. The molecule has 0 aliphatic rings. The van der Waals surface area contributed by atoms with Crippen LogP contribution in [-0.2, 0) is 0 Å². The lowest BCUT2D eigenvalue weighted by atomic mass is 10.1. The summed E-state index contributed by atoms with van der Waals surface area (Å²) in [5, 5.41) is 17.5. The second-order valence-electron chi connectivity index (χ2n) is 3.22. The molecule has 74 valence electrons. The van der Waals surface area contributed by atoms with Crippen molar-refractivity contribution in [1.82, 2.24) is 0 Å². The zero-order valence-corrected chi connectivity index (χ0v) is 8.37. The van der Waals surface area contributed by atoms with Crippen LogP contribution >= 0.6 is 0 Å². The molecule has 0 aromatic heterocycles. The zero-order valence-electron chi connectivity index (χ0n) is 8.37. The maximum Gasteiger partial charge on any atom is 0.0704 e. The number of hydrogen-bond donors (Lipinski definition) is 1. The fourth-order valence-electron chi connectivity index (χ4n) is 1.07. The number of nitriles is 1.